The van der Waals surface area contributed by atoms with Crippen molar-refractivity contribution < 1.29 is 9.53 Å². The van der Waals surface area contributed by atoms with Gasteiger partial charge in [-0.2, -0.15) is 5.26 Å². The zero-order valence-electron chi connectivity index (χ0n) is 18.5. The van der Waals surface area contributed by atoms with E-state index in [0.29, 0.717) is 22.8 Å². The van der Waals surface area contributed by atoms with E-state index in [0.717, 1.165) is 58.8 Å². The fraction of sp³-hybridized carbons (Fsp3) is 0.308. The van der Waals surface area contributed by atoms with Crippen molar-refractivity contribution in [2.45, 2.75) is 46.5 Å². The number of ether oxygens (including phenoxy) is 1. The highest BCUT2D eigenvalue weighted by Crippen LogP contribution is 2.39. The third kappa shape index (κ3) is 4.13. The molecule has 0 saturated carbocycles. The Balaban J connectivity index is 1.85. The lowest BCUT2D eigenvalue weighted by Crippen LogP contribution is -2.12. The van der Waals surface area contributed by atoms with Crippen LogP contribution in [0, 0.1) is 25.2 Å². The van der Waals surface area contributed by atoms with Crippen LogP contribution in [0.3, 0.4) is 0 Å². The quantitative estimate of drug-likeness (QED) is 0.304. The van der Waals surface area contributed by atoms with Crippen LogP contribution >= 0.6 is 22.9 Å². The molecule has 0 bridgehead atoms. The van der Waals surface area contributed by atoms with Crippen molar-refractivity contribution in [1.29, 1.82) is 5.26 Å². The number of nitrogens with zero attached hydrogens (tertiary/aromatic N) is 2. The van der Waals surface area contributed by atoms with E-state index in [1.165, 1.54) is 4.88 Å². The Hall–Kier alpha value is -2.81. The van der Waals surface area contributed by atoms with Gasteiger partial charge >= 0.3 is 5.97 Å². The molecule has 0 N–H and O–H groups in total. The first-order valence-electron chi connectivity index (χ1n) is 10.8. The third-order valence-corrected chi connectivity index (χ3v) is 7.37. The number of allylic oxidation sites excluding steroid dienone is 1. The molecule has 164 valence electrons. The number of carbonyl (C=O) groups is 1. The number of hydrogen-bond donors (Lipinski definition) is 0. The molecule has 3 aromatic rings. The van der Waals surface area contributed by atoms with E-state index < -0.39 is 0 Å². The van der Waals surface area contributed by atoms with Crippen LogP contribution in [-0.2, 0) is 17.6 Å². The summed E-state index contributed by atoms with van der Waals surface area (Å²) >= 11 is 7.82. The first-order chi connectivity index (χ1) is 15.4. The molecule has 2 aromatic heterocycles. The van der Waals surface area contributed by atoms with Gasteiger partial charge in [-0.05, 0) is 87.4 Å². The topological polar surface area (TPSA) is 55.0 Å². The van der Waals surface area contributed by atoms with Gasteiger partial charge in [0, 0.05) is 21.3 Å². The third-order valence-electron chi connectivity index (χ3n) is 5.86. The second-order valence-electron chi connectivity index (χ2n) is 7.95. The monoisotopic (exact) mass is 464 g/mol. The molecular weight excluding hydrogens is 440 g/mol. The number of nitriles is 1. The van der Waals surface area contributed by atoms with Crippen LogP contribution in [0.5, 0.6) is 0 Å². The number of thiophene rings is 1. The molecule has 6 heteroatoms. The van der Waals surface area contributed by atoms with Crippen molar-refractivity contribution >= 4 is 40.6 Å². The van der Waals surface area contributed by atoms with Crippen LogP contribution < -0.4 is 0 Å². The molecule has 4 nitrogen and oxygen atoms in total. The minimum atomic E-state index is -0.247. The average Bonchev–Trinajstić information content (AvgIpc) is 3.28. The largest absolute Gasteiger partial charge is 0.462 e. The lowest BCUT2D eigenvalue weighted by Gasteiger charge is -2.13. The van der Waals surface area contributed by atoms with Gasteiger partial charge in [0.05, 0.1) is 23.8 Å². The molecule has 0 amide bonds. The van der Waals surface area contributed by atoms with Crippen molar-refractivity contribution in [1.82, 2.24) is 4.57 Å². The van der Waals surface area contributed by atoms with Crippen molar-refractivity contribution in [3.63, 3.8) is 0 Å². The first kappa shape index (κ1) is 22.4. The van der Waals surface area contributed by atoms with Crippen LogP contribution in [0.15, 0.2) is 30.3 Å². The number of fused-ring (bicyclic) bond motifs is 1. The Morgan fingerprint density at radius 3 is 2.78 bits per heavy atom. The zero-order valence-corrected chi connectivity index (χ0v) is 20.1. The van der Waals surface area contributed by atoms with Gasteiger partial charge in [-0.1, -0.05) is 23.7 Å². The normalized spacial score (nSPS) is 13.5. The summed E-state index contributed by atoms with van der Waals surface area (Å²) in [6.45, 7) is 6.25. The zero-order chi connectivity index (χ0) is 22.8. The van der Waals surface area contributed by atoms with Crippen molar-refractivity contribution in [2.75, 3.05) is 6.61 Å². The summed E-state index contributed by atoms with van der Waals surface area (Å²) in [4.78, 5) is 14.2. The predicted molar refractivity (Wildman–Crippen MR) is 131 cm³/mol. The summed E-state index contributed by atoms with van der Waals surface area (Å²) < 4.78 is 7.57. The number of hydrogen-bond acceptors (Lipinski definition) is 4. The smallest absolute Gasteiger partial charge is 0.341 e. The Kier molecular flexibility index (Phi) is 6.55. The molecule has 4 rings (SSSR count). The average molecular weight is 465 g/mol. The Morgan fingerprint density at radius 1 is 1.28 bits per heavy atom. The van der Waals surface area contributed by atoms with Gasteiger partial charge in [0.25, 0.3) is 0 Å². The highest BCUT2D eigenvalue weighted by molar-refractivity contribution is 7.15. The van der Waals surface area contributed by atoms with Crippen molar-refractivity contribution in [3.8, 4) is 11.1 Å². The first-order valence-corrected chi connectivity index (χ1v) is 12.0. The second-order valence-corrected chi connectivity index (χ2v) is 9.47. The molecule has 2 heterocycles. The minimum absolute atomic E-state index is 0.247. The van der Waals surface area contributed by atoms with E-state index in [1.807, 2.05) is 39.0 Å². The molecule has 0 spiro atoms. The highest BCUT2D eigenvalue weighted by atomic mass is 35.5. The van der Waals surface area contributed by atoms with Crippen molar-refractivity contribution in [3.05, 3.63) is 73.9 Å². The summed E-state index contributed by atoms with van der Waals surface area (Å²) in [5.41, 5.74) is 6.13. The summed E-state index contributed by atoms with van der Waals surface area (Å²) in [5.74, 6) is -0.247. The molecule has 1 aliphatic carbocycles. The maximum atomic E-state index is 12.9. The van der Waals surface area contributed by atoms with Crippen molar-refractivity contribution in [2.24, 2.45) is 0 Å². The molecule has 0 unspecified atom stereocenters. The molecule has 0 aliphatic heterocycles. The fourth-order valence-corrected chi connectivity index (χ4v) is 6.04. The van der Waals surface area contributed by atoms with Crippen LogP contribution in [0.25, 0.3) is 16.7 Å². The van der Waals surface area contributed by atoms with E-state index >= 15 is 0 Å². The Morgan fingerprint density at radius 2 is 2.06 bits per heavy atom. The predicted octanol–water partition coefficient (Wildman–Crippen LogP) is 6.93. The Bertz CT molecular complexity index is 1260. The van der Waals surface area contributed by atoms with Gasteiger partial charge in [-0.15, -0.1) is 11.3 Å². The van der Waals surface area contributed by atoms with Crippen LogP contribution in [0.1, 0.15) is 63.1 Å². The maximum Gasteiger partial charge on any atom is 0.341 e. The number of carbonyl (C=O) groups excluding carboxylic acids is 1. The molecule has 1 aromatic carbocycles. The molecule has 0 saturated heterocycles. The summed E-state index contributed by atoms with van der Waals surface area (Å²) in [6.07, 6.45) is 6.06. The second kappa shape index (κ2) is 9.36. The van der Waals surface area contributed by atoms with Gasteiger partial charge < -0.3 is 9.30 Å². The maximum absolute atomic E-state index is 12.9. The lowest BCUT2D eigenvalue weighted by molar-refractivity contribution is 0.0525. The van der Waals surface area contributed by atoms with Gasteiger partial charge in [0.1, 0.15) is 5.00 Å². The van der Waals surface area contributed by atoms with Gasteiger partial charge in [-0.3, -0.25) is 0 Å². The number of benzene rings is 1. The lowest BCUT2D eigenvalue weighted by atomic mass is 9.95. The number of halogens is 1. The molecular formula is C26H25ClN2O2S. The standard InChI is InChI=1S/C26H25ClN2O2S/c1-4-31-26(30)24-22-10-5-6-11-23(22)32-25(24)29-16(2)12-19(17(29)3)13-20(15-28)18-8-7-9-21(27)14-18/h7-9,12-14H,4-6,10-11H2,1-3H3/b20-13+. The van der Waals surface area contributed by atoms with Gasteiger partial charge in [-0.25, -0.2) is 4.79 Å². The fourth-order valence-electron chi connectivity index (χ4n) is 4.36. The minimum Gasteiger partial charge on any atom is -0.462 e. The van der Waals surface area contributed by atoms with Gasteiger partial charge in [0.2, 0.25) is 0 Å². The van der Waals surface area contributed by atoms with E-state index in [-0.39, 0.29) is 5.97 Å². The number of aromatic nitrogens is 1. The molecule has 32 heavy (non-hydrogen) atoms. The van der Waals surface area contributed by atoms with E-state index in [1.54, 1.807) is 23.5 Å². The van der Waals surface area contributed by atoms with Crippen LogP contribution in [0.4, 0.5) is 0 Å². The SMILES string of the molecule is CCOC(=O)c1c(-n2c(C)cc(/C=C(\C#N)c3cccc(Cl)c3)c2C)sc2c1CCCC2. The van der Waals surface area contributed by atoms with E-state index in [9.17, 15) is 10.1 Å². The van der Waals surface area contributed by atoms with E-state index in [4.69, 9.17) is 16.3 Å². The highest BCUT2D eigenvalue weighted by Gasteiger charge is 2.28. The summed E-state index contributed by atoms with van der Waals surface area (Å²) in [5, 5.41) is 11.3. The molecule has 0 radical (unpaired) electrons. The number of esters is 1. The van der Waals surface area contributed by atoms with Gasteiger partial charge in [0.15, 0.2) is 0 Å². The number of aryl methyl sites for hydroxylation is 2. The summed E-state index contributed by atoms with van der Waals surface area (Å²) in [7, 11) is 0. The summed E-state index contributed by atoms with van der Waals surface area (Å²) in [6, 6.07) is 11.7. The Labute approximate surface area is 197 Å². The number of rotatable bonds is 5. The van der Waals surface area contributed by atoms with Crippen LogP contribution in [-0.4, -0.2) is 17.1 Å². The molecule has 1 aliphatic rings. The van der Waals surface area contributed by atoms with E-state index in [2.05, 4.69) is 16.7 Å². The van der Waals surface area contributed by atoms with Crippen LogP contribution in [0.2, 0.25) is 5.02 Å². The molecule has 0 atom stereocenters. The molecule has 0 fully saturated rings.